The van der Waals surface area contributed by atoms with Gasteiger partial charge in [-0.2, -0.15) is 10.5 Å². The molecule has 0 saturated carbocycles. The van der Waals surface area contributed by atoms with Crippen molar-refractivity contribution in [2.24, 2.45) is 0 Å². The Hall–Kier alpha value is -5.84. The molecule has 2 aliphatic rings. The number of alkyl halides is 1. The van der Waals surface area contributed by atoms with E-state index >= 15 is 0 Å². The quantitative estimate of drug-likeness (QED) is 0.105. The van der Waals surface area contributed by atoms with Crippen molar-refractivity contribution in [3.8, 4) is 23.6 Å². The topological polar surface area (TPSA) is 108 Å². The molecule has 0 spiro atoms. The molecule has 0 aliphatic carbocycles. The summed E-state index contributed by atoms with van der Waals surface area (Å²) in [5.74, 6) is 0.676. The number of nitrogens with one attached hydrogen (secondary N) is 1. The van der Waals surface area contributed by atoms with E-state index in [0.29, 0.717) is 49.6 Å². The van der Waals surface area contributed by atoms with E-state index in [9.17, 15) is 15.3 Å². The number of carbonyl (C=O) groups is 1. The fourth-order valence-corrected chi connectivity index (χ4v) is 8.15. The number of hydrogen-bond acceptors (Lipinski definition) is 9. The third-order valence-corrected chi connectivity index (χ3v) is 10.6. The van der Waals surface area contributed by atoms with Crippen LogP contribution < -0.4 is 20.5 Å². The van der Waals surface area contributed by atoms with Gasteiger partial charge in [-0.3, -0.25) is 0 Å². The van der Waals surface area contributed by atoms with Crippen LogP contribution in [0.2, 0.25) is 0 Å². The van der Waals surface area contributed by atoms with Crippen LogP contribution in [-0.2, 0) is 4.74 Å². The van der Waals surface area contributed by atoms with Gasteiger partial charge in [0.25, 0.3) is 0 Å². The Morgan fingerprint density at radius 1 is 0.860 bits per heavy atom. The predicted octanol–water partition coefficient (Wildman–Crippen LogP) is 8.18. The molecule has 3 heterocycles. The summed E-state index contributed by atoms with van der Waals surface area (Å²) in [5.41, 5.74) is 5.85. The first kappa shape index (κ1) is 31.4. The van der Waals surface area contributed by atoms with Crippen molar-refractivity contribution in [3.05, 3.63) is 152 Å². The number of benzene rings is 5. The lowest BCUT2D eigenvalue weighted by Crippen LogP contribution is -2.22. The van der Waals surface area contributed by atoms with Crippen molar-refractivity contribution in [3.63, 3.8) is 0 Å². The van der Waals surface area contributed by atoms with Gasteiger partial charge < -0.3 is 14.8 Å². The molecule has 2 aliphatic heterocycles. The van der Waals surface area contributed by atoms with E-state index in [1.807, 2.05) is 97.1 Å². The molecule has 1 N–H and O–H groups in total. The number of thiazole rings is 1. The number of allylic oxidation sites excluding steroid dienone is 1. The SMILES string of the molecule is N#C/C(=C1\Nc2ccccc2S1)c1ccc2c(c1)Oc1c/c(=C(\C#N)c3nc4ccccc4s3)ccc1=C2c1ccccc1C(=O)OCCCl. The number of para-hydroxylation sites is 2. The van der Waals surface area contributed by atoms with Gasteiger partial charge >= 0.3 is 5.97 Å². The molecule has 1 aromatic heterocycles. The zero-order chi connectivity index (χ0) is 34.2. The van der Waals surface area contributed by atoms with Gasteiger partial charge in [-0.1, -0.05) is 66.4 Å². The van der Waals surface area contributed by atoms with Crippen molar-refractivity contribution in [2.45, 2.75) is 4.90 Å². The van der Waals surface area contributed by atoms with E-state index in [1.54, 1.807) is 12.1 Å². The molecule has 50 heavy (non-hydrogen) atoms. The Balaban J connectivity index is 1.33. The van der Waals surface area contributed by atoms with Crippen LogP contribution in [0.1, 0.15) is 32.1 Å². The number of anilines is 1. The fourth-order valence-electron chi connectivity index (χ4n) is 6.07. The maximum Gasteiger partial charge on any atom is 0.338 e. The minimum atomic E-state index is -0.493. The molecule has 0 amide bonds. The Kier molecular flexibility index (Phi) is 8.31. The van der Waals surface area contributed by atoms with Gasteiger partial charge in [-0.05, 0) is 70.9 Å². The minimum Gasteiger partial charge on any atom is -0.461 e. The fraction of sp³-hybridized carbons (Fsp3) is 0.0500. The van der Waals surface area contributed by atoms with Crippen molar-refractivity contribution in [1.82, 2.24) is 4.98 Å². The van der Waals surface area contributed by atoms with Gasteiger partial charge in [0, 0.05) is 21.3 Å². The zero-order valence-corrected chi connectivity index (χ0v) is 28.5. The zero-order valence-electron chi connectivity index (χ0n) is 26.1. The summed E-state index contributed by atoms with van der Waals surface area (Å²) in [5, 5.41) is 26.8. The first-order valence-corrected chi connectivity index (χ1v) is 17.7. The van der Waals surface area contributed by atoms with E-state index in [-0.39, 0.29) is 12.5 Å². The summed E-state index contributed by atoms with van der Waals surface area (Å²) in [7, 11) is 0. The van der Waals surface area contributed by atoms with E-state index in [2.05, 4.69) is 17.5 Å². The standard InChI is InChI=1S/C40H23ClN4O3S2/c41-17-18-47-40(46)26-8-2-1-7-25(26)37-27-15-13-23(29(21-42)38-44-31-9-3-5-11-35(31)49-38)19-33(27)48-34-20-24(14-16-28(34)37)30(22-43)39-45-32-10-4-6-12-36(32)50-39/h1-16,19-20,44H,17-18H2/b30-24+,38-29-. The Morgan fingerprint density at radius 3 is 2.48 bits per heavy atom. The van der Waals surface area contributed by atoms with Crippen LogP contribution in [0.15, 0.2) is 119 Å². The Labute approximate surface area is 300 Å². The van der Waals surface area contributed by atoms with Crippen LogP contribution in [0.3, 0.4) is 0 Å². The smallest absolute Gasteiger partial charge is 0.338 e. The second-order valence-electron chi connectivity index (χ2n) is 11.3. The third kappa shape index (κ3) is 5.58. The highest BCUT2D eigenvalue weighted by Crippen LogP contribution is 2.45. The van der Waals surface area contributed by atoms with E-state index in [0.717, 1.165) is 42.2 Å². The number of hydrogen-bond donors (Lipinski definition) is 1. The lowest BCUT2D eigenvalue weighted by Gasteiger charge is -2.23. The van der Waals surface area contributed by atoms with Crippen molar-refractivity contribution >= 4 is 73.3 Å². The summed E-state index contributed by atoms with van der Waals surface area (Å²) in [6, 6.07) is 38.9. The first-order chi connectivity index (χ1) is 24.6. The van der Waals surface area contributed by atoms with Gasteiger partial charge in [-0.25, -0.2) is 9.78 Å². The lowest BCUT2D eigenvalue weighted by molar-refractivity contribution is 0.0528. The number of esters is 1. The Bertz CT molecular complexity index is 2570. The van der Waals surface area contributed by atoms with Crippen LogP contribution in [0.5, 0.6) is 11.5 Å². The predicted molar refractivity (Wildman–Crippen MR) is 197 cm³/mol. The Morgan fingerprint density at radius 2 is 1.66 bits per heavy atom. The summed E-state index contributed by atoms with van der Waals surface area (Å²) in [4.78, 5) is 19.1. The molecule has 0 atom stereocenters. The molecule has 7 nitrogen and oxygen atoms in total. The molecule has 0 bridgehead atoms. The minimum absolute atomic E-state index is 0.0765. The summed E-state index contributed by atoms with van der Waals surface area (Å²) in [6.45, 7) is 0.0765. The summed E-state index contributed by atoms with van der Waals surface area (Å²) >= 11 is 8.80. The van der Waals surface area contributed by atoms with E-state index in [4.69, 9.17) is 26.1 Å². The number of thioether (sulfide) groups is 1. The largest absolute Gasteiger partial charge is 0.461 e. The van der Waals surface area contributed by atoms with Gasteiger partial charge in [0.2, 0.25) is 0 Å². The third-order valence-electron chi connectivity index (χ3n) is 8.33. The average Bonchev–Trinajstić information content (AvgIpc) is 3.78. The maximum absolute atomic E-state index is 13.3. The normalized spacial score (nSPS) is 14.3. The molecule has 6 aromatic rings. The van der Waals surface area contributed by atoms with E-state index < -0.39 is 5.97 Å². The molecule has 0 fully saturated rings. The molecule has 0 unspecified atom stereocenters. The summed E-state index contributed by atoms with van der Waals surface area (Å²) < 4.78 is 13.1. The first-order valence-electron chi connectivity index (χ1n) is 15.5. The van der Waals surface area contributed by atoms with Crippen LogP contribution in [0, 0.1) is 22.7 Å². The number of fused-ring (bicyclic) bond motifs is 4. The molecule has 240 valence electrons. The van der Waals surface area contributed by atoms with Crippen LogP contribution >= 0.6 is 34.7 Å². The number of nitriles is 2. The van der Waals surface area contributed by atoms with Crippen LogP contribution in [0.25, 0.3) is 26.9 Å². The lowest BCUT2D eigenvalue weighted by atomic mass is 9.88. The highest BCUT2D eigenvalue weighted by atomic mass is 35.5. The monoisotopic (exact) mass is 706 g/mol. The summed E-state index contributed by atoms with van der Waals surface area (Å²) in [6.07, 6.45) is 0. The van der Waals surface area contributed by atoms with E-state index in [1.165, 1.54) is 23.1 Å². The van der Waals surface area contributed by atoms with Gasteiger partial charge in [-0.15, -0.1) is 22.9 Å². The molecule has 0 saturated heterocycles. The molecule has 5 aromatic carbocycles. The molecular formula is C40H23ClN4O3S2. The van der Waals surface area contributed by atoms with Crippen LogP contribution in [-0.4, -0.2) is 23.4 Å². The number of ether oxygens (including phenoxy) is 2. The van der Waals surface area contributed by atoms with Gasteiger partial charge in [0.05, 0.1) is 43.5 Å². The van der Waals surface area contributed by atoms with Gasteiger partial charge in [0.15, 0.2) is 0 Å². The van der Waals surface area contributed by atoms with Gasteiger partial charge in [0.1, 0.15) is 35.3 Å². The average molecular weight is 707 g/mol. The van der Waals surface area contributed by atoms with Crippen molar-refractivity contribution < 1.29 is 14.3 Å². The molecule has 10 heteroatoms. The number of aromatic nitrogens is 1. The number of carbonyl (C=O) groups excluding carboxylic acids is 1. The highest BCUT2D eigenvalue weighted by Gasteiger charge is 2.27. The molecular weight excluding hydrogens is 684 g/mol. The molecule has 8 rings (SSSR count). The number of halogens is 1. The van der Waals surface area contributed by atoms with Crippen molar-refractivity contribution in [2.75, 3.05) is 17.8 Å². The second kappa shape index (κ2) is 13.2. The maximum atomic E-state index is 13.3. The number of rotatable bonds is 6. The number of nitrogens with zero attached hydrogens (tertiary/aromatic N) is 3. The molecule has 0 radical (unpaired) electrons. The van der Waals surface area contributed by atoms with Crippen molar-refractivity contribution in [1.29, 1.82) is 10.5 Å². The highest BCUT2D eigenvalue weighted by molar-refractivity contribution is 8.04. The second-order valence-corrected chi connectivity index (χ2v) is 13.7. The van der Waals surface area contributed by atoms with Crippen LogP contribution in [0.4, 0.5) is 5.69 Å².